The maximum Gasteiger partial charge on any atom is 0.238 e. The molecule has 0 spiro atoms. The molecule has 3 N–H and O–H groups in total. The van der Waals surface area contributed by atoms with Gasteiger partial charge in [-0.25, -0.2) is 0 Å². The van der Waals surface area contributed by atoms with Crippen LogP contribution in [0.3, 0.4) is 0 Å². The van der Waals surface area contributed by atoms with Gasteiger partial charge in [-0.2, -0.15) is 0 Å². The van der Waals surface area contributed by atoms with Gasteiger partial charge in [-0.3, -0.25) is 14.5 Å². The number of benzene rings is 2. The smallest absolute Gasteiger partial charge is 0.238 e. The van der Waals surface area contributed by atoms with Gasteiger partial charge in [0, 0.05) is 24.3 Å². The Hall–Kier alpha value is -3.08. The van der Waals surface area contributed by atoms with E-state index in [9.17, 15) is 9.59 Å². The van der Waals surface area contributed by atoms with Gasteiger partial charge in [0.05, 0.1) is 12.1 Å². The number of nitrogens with one attached hydrogen (secondary N) is 1. The fourth-order valence-electron chi connectivity index (χ4n) is 2.63. The summed E-state index contributed by atoms with van der Waals surface area (Å²) in [6.45, 7) is 1.37. The van der Waals surface area contributed by atoms with Gasteiger partial charge < -0.3 is 10.7 Å². The molecule has 0 bridgehead atoms. The third kappa shape index (κ3) is 3.08. The molecule has 0 atom stereocenters. The molecule has 3 aromatic rings. The monoisotopic (exact) mass is 307 g/mol. The molecule has 0 unspecified atom stereocenters. The number of aromatic amines is 1. The van der Waals surface area contributed by atoms with Crippen LogP contribution in [-0.4, -0.2) is 16.8 Å². The summed E-state index contributed by atoms with van der Waals surface area (Å²) in [4.78, 5) is 28.8. The lowest BCUT2D eigenvalue weighted by Crippen LogP contribution is -2.36. The number of nitrogens with two attached hydrogens (primary N) is 1. The van der Waals surface area contributed by atoms with E-state index in [-0.39, 0.29) is 18.2 Å². The predicted molar refractivity (Wildman–Crippen MR) is 91.0 cm³/mol. The average Bonchev–Trinajstić information content (AvgIpc) is 2.94. The Kier molecular flexibility index (Phi) is 3.85. The first-order valence-corrected chi connectivity index (χ1v) is 7.29. The molecule has 1 aromatic heterocycles. The zero-order chi connectivity index (χ0) is 16.4. The van der Waals surface area contributed by atoms with Gasteiger partial charge in [0.1, 0.15) is 0 Å². The molecular formula is C18H17N3O2. The molecular weight excluding hydrogens is 290 g/mol. The number of hydrogen-bond acceptors (Lipinski definition) is 3. The van der Waals surface area contributed by atoms with Crippen LogP contribution in [0.5, 0.6) is 0 Å². The van der Waals surface area contributed by atoms with Crippen LogP contribution in [0.15, 0.2) is 54.7 Å². The van der Waals surface area contributed by atoms with Crippen molar-refractivity contribution in [3.8, 4) is 0 Å². The summed E-state index contributed by atoms with van der Waals surface area (Å²) in [6, 6.07) is 14.5. The van der Waals surface area contributed by atoms with Crippen molar-refractivity contribution in [3.05, 3.63) is 60.3 Å². The van der Waals surface area contributed by atoms with E-state index in [4.69, 9.17) is 5.73 Å². The predicted octanol–water partition coefficient (Wildman–Crippen LogP) is 2.87. The van der Waals surface area contributed by atoms with Crippen molar-refractivity contribution in [2.24, 2.45) is 0 Å². The van der Waals surface area contributed by atoms with Crippen molar-refractivity contribution in [1.29, 1.82) is 0 Å². The summed E-state index contributed by atoms with van der Waals surface area (Å²) in [7, 11) is 0. The first-order valence-electron chi connectivity index (χ1n) is 7.29. The van der Waals surface area contributed by atoms with E-state index >= 15 is 0 Å². The van der Waals surface area contributed by atoms with E-state index < -0.39 is 0 Å². The van der Waals surface area contributed by atoms with E-state index in [1.54, 1.807) is 24.3 Å². The van der Waals surface area contributed by atoms with E-state index in [0.29, 0.717) is 11.4 Å². The number of rotatable bonds is 3. The average molecular weight is 307 g/mol. The highest BCUT2D eigenvalue weighted by Gasteiger charge is 2.20. The Morgan fingerprint density at radius 3 is 2.70 bits per heavy atom. The highest BCUT2D eigenvalue weighted by molar-refractivity contribution is 6.14. The number of H-pyrrole nitrogens is 1. The number of carbonyl (C=O) groups is 2. The summed E-state index contributed by atoms with van der Waals surface area (Å²) in [5.74, 6) is -0.610. The maximum atomic E-state index is 12.6. The van der Waals surface area contributed by atoms with Crippen molar-refractivity contribution >= 4 is 34.1 Å². The number of nitrogen functional groups attached to an aromatic ring is 1. The lowest BCUT2D eigenvalue weighted by molar-refractivity contribution is -0.125. The second-order valence-electron chi connectivity index (χ2n) is 5.42. The third-order valence-electron chi connectivity index (χ3n) is 3.67. The fourth-order valence-corrected chi connectivity index (χ4v) is 2.63. The minimum Gasteiger partial charge on any atom is -0.399 e. The van der Waals surface area contributed by atoms with Gasteiger partial charge in [-0.05, 0) is 47.3 Å². The Balaban J connectivity index is 1.88. The highest BCUT2D eigenvalue weighted by Crippen LogP contribution is 2.20. The molecule has 2 aromatic carbocycles. The number of amides is 2. The number of carbonyl (C=O) groups excluding carboxylic acids is 2. The number of anilines is 2. The number of imide groups is 1. The molecule has 0 radical (unpaired) electrons. The third-order valence-corrected chi connectivity index (χ3v) is 3.67. The van der Waals surface area contributed by atoms with E-state index in [1.165, 1.54) is 6.92 Å². The SMILES string of the molecule is CC(=O)N(C(=O)Cc1ccc2[nH]ccc2c1)c1cccc(N)c1. The topological polar surface area (TPSA) is 79.2 Å². The van der Waals surface area contributed by atoms with Crippen LogP contribution in [0.4, 0.5) is 11.4 Å². The summed E-state index contributed by atoms with van der Waals surface area (Å²) >= 11 is 0. The van der Waals surface area contributed by atoms with Crippen LogP contribution >= 0.6 is 0 Å². The minimum absolute atomic E-state index is 0.148. The molecule has 116 valence electrons. The minimum atomic E-state index is -0.330. The summed E-state index contributed by atoms with van der Waals surface area (Å²) in [5, 5.41) is 1.04. The van der Waals surface area contributed by atoms with Crippen molar-refractivity contribution in [1.82, 2.24) is 4.98 Å². The van der Waals surface area contributed by atoms with Crippen molar-refractivity contribution in [2.75, 3.05) is 10.6 Å². The molecule has 0 fully saturated rings. The first kappa shape index (κ1) is 14.8. The van der Waals surface area contributed by atoms with Crippen LogP contribution in [0.25, 0.3) is 10.9 Å². The molecule has 0 saturated heterocycles. The van der Waals surface area contributed by atoms with E-state index in [1.807, 2.05) is 30.5 Å². The fraction of sp³-hybridized carbons (Fsp3) is 0.111. The maximum absolute atomic E-state index is 12.6. The van der Waals surface area contributed by atoms with Gasteiger partial charge in [0.2, 0.25) is 11.8 Å². The van der Waals surface area contributed by atoms with Crippen molar-refractivity contribution in [2.45, 2.75) is 13.3 Å². The molecule has 0 aliphatic heterocycles. The molecule has 0 saturated carbocycles. The van der Waals surface area contributed by atoms with Crippen LogP contribution in [-0.2, 0) is 16.0 Å². The van der Waals surface area contributed by atoms with E-state index in [0.717, 1.165) is 21.4 Å². The van der Waals surface area contributed by atoms with Crippen LogP contribution in [0.1, 0.15) is 12.5 Å². The van der Waals surface area contributed by atoms with Gasteiger partial charge in [-0.1, -0.05) is 12.1 Å². The zero-order valence-corrected chi connectivity index (χ0v) is 12.7. The number of nitrogens with zero attached hydrogens (tertiary/aromatic N) is 1. The Bertz CT molecular complexity index is 883. The normalized spacial score (nSPS) is 10.7. The zero-order valence-electron chi connectivity index (χ0n) is 12.7. The van der Waals surface area contributed by atoms with Gasteiger partial charge in [-0.15, -0.1) is 0 Å². The summed E-state index contributed by atoms with van der Waals surface area (Å²) in [5.41, 5.74) is 8.62. The second-order valence-corrected chi connectivity index (χ2v) is 5.42. The van der Waals surface area contributed by atoms with Crippen molar-refractivity contribution < 1.29 is 9.59 Å². The highest BCUT2D eigenvalue weighted by atomic mass is 16.2. The number of aromatic nitrogens is 1. The van der Waals surface area contributed by atoms with E-state index in [2.05, 4.69) is 4.98 Å². The lowest BCUT2D eigenvalue weighted by atomic mass is 10.1. The standard InChI is InChI=1S/C18H17N3O2/c1-12(22)21(16-4-2-3-15(19)11-16)18(23)10-13-5-6-17-14(9-13)7-8-20-17/h2-9,11,20H,10,19H2,1H3. The van der Waals surface area contributed by atoms with Gasteiger partial charge in [0.15, 0.2) is 0 Å². The summed E-state index contributed by atoms with van der Waals surface area (Å²) in [6.07, 6.45) is 2.00. The molecule has 23 heavy (non-hydrogen) atoms. The second kappa shape index (κ2) is 5.96. The first-order chi connectivity index (χ1) is 11.0. The van der Waals surface area contributed by atoms with Gasteiger partial charge in [0.25, 0.3) is 0 Å². The molecule has 5 heteroatoms. The molecule has 0 aliphatic rings. The number of fused-ring (bicyclic) bond motifs is 1. The Labute approximate surface area is 133 Å². The quantitative estimate of drug-likeness (QED) is 0.730. The molecule has 2 amide bonds. The van der Waals surface area contributed by atoms with Crippen LogP contribution in [0.2, 0.25) is 0 Å². The largest absolute Gasteiger partial charge is 0.399 e. The molecule has 3 rings (SSSR count). The molecule has 1 heterocycles. The van der Waals surface area contributed by atoms with Gasteiger partial charge >= 0.3 is 0 Å². The van der Waals surface area contributed by atoms with Crippen LogP contribution < -0.4 is 10.6 Å². The molecule has 5 nitrogen and oxygen atoms in total. The van der Waals surface area contributed by atoms with Crippen molar-refractivity contribution in [3.63, 3.8) is 0 Å². The number of hydrogen-bond donors (Lipinski definition) is 2. The van der Waals surface area contributed by atoms with Crippen LogP contribution in [0, 0.1) is 0 Å². The Morgan fingerprint density at radius 2 is 1.96 bits per heavy atom. The summed E-state index contributed by atoms with van der Waals surface area (Å²) < 4.78 is 0. The molecule has 0 aliphatic carbocycles. The lowest BCUT2D eigenvalue weighted by Gasteiger charge is -2.19. The Morgan fingerprint density at radius 1 is 1.13 bits per heavy atom.